The minimum Gasteiger partial charge on any atom is -0.277 e. The average Bonchev–Trinajstić information content (AvgIpc) is 3.97. The Morgan fingerprint density at radius 1 is 0.306 bits per heavy atom. The summed E-state index contributed by atoms with van der Waals surface area (Å²) in [6, 6.07) is 78.6. The molecule has 62 heavy (non-hydrogen) atoms. The highest BCUT2D eigenvalue weighted by atomic mass is 15.2. The zero-order chi connectivity index (χ0) is 40.8. The molecular formula is C58H36N4. The molecule has 0 aliphatic heterocycles. The molecule has 288 valence electrons. The Balaban J connectivity index is 1.11. The van der Waals surface area contributed by atoms with Crippen LogP contribution in [0.3, 0.4) is 0 Å². The van der Waals surface area contributed by atoms with Crippen LogP contribution in [0.25, 0.3) is 95.0 Å². The third kappa shape index (κ3) is 4.86. The third-order valence-corrected chi connectivity index (χ3v) is 13.1. The van der Waals surface area contributed by atoms with Crippen molar-refractivity contribution in [2.24, 2.45) is 0 Å². The van der Waals surface area contributed by atoms with E-state index in [9.17, 15) is 0 Å². The Hall–Kier alpha value is -8.21. The lowest BCUT2D eigenvalue weighted by atomic mass is 9.68. The molecule has 2 aliphatic rings. The van der Waals surface area contributed by atoms with Gasteiger partial charge in [-0.15, -0.1) is 0 Å². The molecule has 9 aromatic carbocycles. The van der Waals surface area contributed by atoms with Gasteiger partial charge in [0.1, 0.15) is 0 Å². The Labute approximate surface area is 359 Å². The van der Waals surface area contributed by atoms with Crippen molar-refractivity contribution in [1.82, 2.24) is 19.5 Å². The summed E-state index contributed by atoms with van der Waals surface area (Å²) >= 11 is 0. The van der Waals surface area contributed by atoms with E-state index in [1.54, 1.807) is 0 Å². The van der Waals surface area contributed by atoms with Crippen molar-refractivity contribution in [2.75, 3.05) is 0 Å². The first-order valence-corrected chi connectivity index (χ1v) is 21.2. The molecule has 2 aromatic heterocycles. The maximum Gasteiger partial charge on any atom is 0.238 e. The molecule has 2 aliphatic carbocycles. The molecule has 0 amide bonds. The minimum absolute atomic E-state index is 0.512. The number of fused-ring (bicyclic) bond motifs is 13. The molecule has 11 aromatic rings. The van der Waals surface area contributed by atoms with Crippen molar-refractivity contribution in [3.8, 4) is 73.2 Å². The largest absolute Gasteiger partial charge is 0.277 e. The predicted molar refractivity (Wildman–Crippen MR) is 252 cm³/mol. The second-order valence-corrected chi connectivity index (χ2v) is 16.3. The summed E-state index contributed by atoms with van der Waals surface area (Å²) in [5.74, 6) is 1.81. The first-order valence-electron chi connectivity index (χ1n) is 21.2. The van der Waals surface area contributed by atoms with Gasteiger partial charge in [-0.25, -0.2) is 4.98 Å². The summed E-state index contributed by atoms with van der Waals surface area (Å²) in [6.07, 6.45) is 0. The van der Waals surface area contributed by atoms with E-state index in [0.717, 1.165) is 44.1 Å². The van der Waals surface area contributed by atoms with Gasteiger partial charge in [-0.1, -0.05) is 212 Å². The highest BCUT2D eigenvalue weighted by molar-refractivity contribution is 6.14. The van der Waals surface area contributed by atoms with Crippen molar-refractivity contribution in [2.45, 2.75) is 5.41 Å². The molecule has 13 rings (SSSR count). The molecule has 2 heterocycles. The minimum atomic E-state index is -0.512. The maximum absolute atomic E-state index is 5.39. The van der Waals surface area contributed by atoms with Gasteiger partial charge in [-0.05, 0) is 67.3 Å². The van der Waals surface area contributed by atoms with Crippen molar-refractivity contribution >= 4 is 21.8 Å². The Morgan fingerprint density at radius 2 is 0.726 bits per heavy atom. The summed E-state index contributed by atoms with van der Waals surface area (Å²) in [5, 5.41) is 2.28. The summed E-state index contributed by atoms with van der Waals surface area (Å²) in [5.41, 5.74) is 18.4. The number of rotatable bonds is 5. The highest BCUT2D eigenvalue weighted by Crippen LogP contribution is 2.64. The summed E-state index contributed by atoms with van der Waals surface area (Å²) in [4.78, 5) is 15.9. The van der Waals surface area contributed by atoms with Crippen LogP contribution < -0.4 is 0 Å². The van der Waals surface area contributed by atoms with Gasteiger partial charge in [0.2, 0.25) is 5.95 Å². The van der Waals surface area contributed by atoms with Crippen molar-refractivity contribution in [3.05, 3.63) is 241 Å². The molecule has 0 saturated heterocycles. The third-order valence-electron chi connectivity index (χ3n) is 13.1. The van der Waals surface area contributed by atoms with E-state index in [1.807, 2.05) is 24.3 Å². The van der Waals surface area contributed by atoms with Gasteiger partial charge in [0.15, 0.2) is 11.6 Å². The Bertz CT molecular complexity index is 3500. The van der Waals surface area contributed by atoms with Gasteiger partial charge in [0, 0.05) is 27.5 Å². The van der Waals surface area contributed by atoms with Crippen LogP contribution in [0.5, 0.6) is 0 Å². The Morgan fingerprint density at radius 3 is 1.37 bits per heavy atom. The normalized spacial score (nSPS) is 13.0. The number of benzene rings is 9. The Kier molecular flexibility index (Phi) is 7.49. The van der Waals surface area contributed by atoms with Crippen LogP contribution in [0.1, 0.15) is 22.3 Å². The van der Waals surface area contributed by atoms with Crippen LogP contribution in [0, 0.1) is 0 Å². The average molecular weight is 789 g/mol. The fourth-order valence-corrected chi connectivity index (χ4v) is 10.6. The second kappa shape index (κ2) is 13.4. The monoisotopic (exact) mass is 788 g/mol. The first-order chi connectivity index (χ1) is 30.8. The van der Waals surface area contributed by atoms with Crippen LogP contribution in [-0.4, -0.2) is 19.5 Å². The highest BCUT2D eigenvalue weighted by Gasteiger charge is 2.52. The smallest absolute Gasteiger partial charge is 0.238 e. The van der Waals surface area contributed by atoms with Crippen LogP contribution >= 0.6 is 0 Å². The molecule has 0 unspecified atom stereocenters. The standard InChI is InChI=1S/C58H36N4/c1-3-17-37(18-4-1)38-33-35-40(36-34-38)56-59-55(39-19-5-2-6-20-39)60-57(61-56)62-52-32-14-10-24-44(52)47-27-16-28-48(54(47)62)46-26-15-25-45-43-23-9-13-31-51(43)58(53(45)46)49-29-11-7-21-41(49)42-22-8-12-30-50(42)58/h1-36H. The molecule has 0 bridgehead atoms. The quantitative estimate of drug-likeness (QED) is 0.174. The van der Waals surface area contributed by atoms with Gasteiger partial charge in [-0.2, -0.15) is 9.97 Å². The molecule has 0 saturated carbocycles. The molecule has 4 nitrogen and oxygen atoms in total. The number of aromatic nitrogens is 4. The molecule has 1 spiro atoms. The maximum atomic E-state index is 5.39. The summed E-state index contributed by atoms with van der Waals surface area (Å²) in [6.45, 7) is 0. The van der Waals surface area contributed by atoms with E-state index in [-0.39, 0.29) is 0 Å². The van der Waals surface area contributed by atoms with E-state index in [0.29, 0.717) is 17.6 Å². The zero-order valence-electron chi connectivity index (χ0n) is 33.6. The van der Waals surface area contributed by atoms with Gasteiger partial charge < -0.3 is 0 Å². The van der Waals surface area contributed by atoms with Crippen LogP contribution in [-0.2, 0) is 5.41 Å². The molecule has 0 atom stereocenters. The van der Waals surface area contributed by atoms with Gasteiger partial charge in [-0.3, -0.25) is 4.57 Å². The fraction of sp³-hybridized carbons (Fsp3) is 0.0172. The second-order valence-electron chi connectivity index (χ2n) is 16.3. The van der Waals surface area contributed by atoms with Gasteiger partial charge in [0.25, 0.3) is 0 Å². The summed E-state index contributed by atoms with van der Waals surface area (Å²) < 4.78 is 2.28. The zero-order valence-corrected chi connectivity index (χ0v) is 33.6. The number of hydrogen-bond acceptors (Lipinski definition) is 3. The fourth-order valence-electron chi connectivity index (χ4n) is 10.6. The van der Waals surface area contributed by atoms with Gasteiger partial charge >= 0.3 is 0 Å². The molecule has 0 radical (unpaired) electrons. The van der Waals surface area contributed by atoms with Crippen molar-refractivity contribution < 1.29 is 0 Å². The molecule has 0 fully saturated rings. The van der Waals surface area contributed by atoms with Crippen LogP contribution in [0.2, 0.25) is 0 Å². The molecule has 0 N–H and O–H groups in total. The number of hydrogen-bond donors (Lipinski definition) is 0. The lowest BCUT2D eigenvalue weighted by Crippen LogP contribution is -2.26. The summed E-state index contributed by atoms with van der Waals surface area (Å²) in [7, 11) is 0. The van der Waals surface area contributed by atoms with E-state index in [1.165, 1.54) is 55.6 Å². The topological polar surface area (TPSA) is 43.6 Å². The molecule has 4 heteroatoms. The predicted octanol–water partition coefficient (Wildman–Crippen LogP) is 14.0. The van der Waals surface area contributed by atoms with Crippen molar-refractivity contribution in [1.29, 1.82) is 0 Å². The van der Waals surface area contributed by atoms with E-state index >= 15 is 0 Å². The first kappa shape index (κ1) is 34.6. The molecular weight excluding hydrogens is 753 g/mol. The van der Waals surface area contributed by atoms with E-state index in [2.05, 4.69) is 199 Å². The van der Waals surface area contributed by atoms with E-state index < -0.39 is 5.41 Å². The van der Waals surface area contributed by atoms with E-state index in [4.69, 9.17) is 15.0 Å². The van der Waals surface area contributed by atoms with Gasteiger partial charge in [0.05, 0.1) is 16.4 Å². The lowest BCUT2D eigenvalue weighted by Gasteiger charge is -2.32. The number of nitrogens with zero attached hydrogens (tertiary/aromatic N) is 4. The number of para-hydroxylation sites is 2. The van der Waals surface area contributed by atoms with Crippen LogP contribution in [0.4, 0.5) is 0 Å². The van der Waals surface area contributed by atoms with Crippen LogP contribution in [0.15, 0.2) is 218 Å². The van der Waals surface area contributed by atoms with Crippen molar-refractivity contribution in [3.63, 3.8) is 0 Å². The SMILES string of the molecule is c1ccc(-c2ccc(-c3nc(-c4ccccc4)nc(-n4c5ccccc5c5cccc(-c6cccc7c6C6(c8ccccc8-c8ccccc86)c6ccccc6-7)c54)n3)cc2)cc1. The lowest BCUT2D eigenvalue weighted by molar-refractivity contribution is 0.796.